The summed E-state index contributed by atoms with van der Waals surface area (Å²) in [6.07, 6.45) is 0. The van der Waals surface area contributed by atoms with E-state index >= 15 is 0 Å². The molecule has 68 heavy (non-hydrogen) atoms. The van der Waals surface area contributed by atoms with Gasteiger partial charge < -0.3 is 0 Å². The van der Waals surface area contributed by atoms with E-state index in [-0.39, 0.29) is 0 Å². The first-order chi connectivity index (χ1) is 33.7. The summed E-state index contributed by atoms with van der Waals surface area (Å²) in [6, 6.07) is 97.2. The van der Waals surface area contributed by atoms with Crippen molar-refractivity contribution >= 4 is 86.2 Å². The van der Waals surface area contributed by atoms with Crippen LogP contribution >= 0.6 is 0 Å². The first-order valence-corrected chi connectivity index (χ1v) is 23.6. The van der Waals surface area contributed by atoms with Crippen LogP contribution in [0.2, 0.25) is 0 Å². The standard InChI is InChI=1S/2C34H22/c1-3-11-25-21-27(19-17-23(25)9-1)33-29-13-5-7-15-31(29)34(32-16-8-6-14-30(32)33)28-20-18-24-10-2-4-12-26(24)22-28;1-2-12-25-22-26(21-20-23(25)10-1)33-29-15-5-7-17-31(29)34(32-18-8-6-16-30(32)33)28-19-9-13-24-11-3-4-14-27(24)28/h2*1-22H. The van der Waals surface area contributed by atoms with Gasteiger partial charge in [-0.2, -0.15) is 0 Å². The summed E-state index contributed by atoms with van der Waals surface area (Å²) in [5.41, 5.74) is 10.3. The lowest BCUT2D eigenvalue weighted by Gasteiger charge is -2.19. The van der Waals surface area contributed by atoms with Crippen molar-refractivity contribution < 1.29 is 0 Å². The molecule has 0 unspecified atom stereocenters. The van der Waals surface area contributed by atoms with Gasteiger partial charge in [0.1, 0.15) is 0 Å². The lowest BCUT2D eigenvalue weighted by molar-refractivity contribution is 1.68. The topological polar surface area (TPSA) is 0 Å². The third kappa shape index (κ3) is 6.69. The van der Waals surface area contributed by atoms with E-state index in [4.69, 9.17) is 0 Å². The monoisotopic (exact) mass is 860 g/mol. The molecule has 0 N–H and O–H groups in total. The lowest BCUT2D eigenvalue weighted by atomic mass is 9.84. The van der Waals surface area contributed by atoms with Crippen LogP contribution in [0.1, 0.15) is 0 Å². The van der Waals surface area contributed by atoms with Gasteiger partial charge in [-0.3, -0.25) is 0 Å². The van der Waals surface area contributed by atoms with Crippen molar-refractivity contribution in [1.29, 1.82) is 0 Å². The minimum Gasteiger partial charge on any atom is -0.0616 e. The Labute approximate surface area is 395 Å². The highest BCUT2D eigenvalue weighted by molar-refractivity contribution is 6.24. The second-order valence-corrected chi connectivity index (χ2v) is 17.9. The van der Waals surface area contributed by atoms with Gasteiger partial charge in [0.2, 0.25) is 0 Å². The fourth-order valence-electron chi connectivity index (χ4n) is 11.0. The number of hydrogen-bond acceptors (Lipinski definition) is 0. The van der Waals surface area contributed by atoms with Crippen molar-refractivity contribution in [2.45, 2.75) is 0 Å². The maximum Gasteiger partial charge on any atom is -0.00201 e. The molecule has 0 aromatic heterocycles. The summed E-state index contributed by atoms with van der Waals surface area (Å²) >= 11 is 0. The molecule has 0 spiro atoms. The molecule has 0 bridgehead atoms. The summed E-state index contributed by atoms with van der Waals surface area (Å²) in [7, 11) is 0. The van der Waals surface area contributed by atoms with E-state index in [1.165, 1.54) is 131 Å². The van der Waals surface area contributed by atoms with Crippen LogP contribution in [0, 0.1) is 0 Å². The molecule has 0 aliphatic carbocycles. The maximum absolute atomic E-state index is 2.33. The van der Waals surface area contributed by atoms with Gasteiger partial charge in [-0.05, 0) is 149 Å². The van der Waals surface area contributed by atoms with Gasteiger partial charge in [-0.1, -0.05) is 249 Å². The first kappa shape index (κ1) is 39.5. The summed E-state index contributed by atoms with van der Waals surface area (Å²) in [4.78, 5) is 0. The Kier molecular flexibility index (Phi) is 9.62. The van der Waals surface area contributed by atoms with Crippen LogP contribution in [-0.4, -0.2) is 0 Å². The predicted octanol–water partition coefficient (Wildman–Crippen LogP) is 19.3. The molecule has 0 fully saturated rings. The first-order valence-electron chi connectivity index (χ1n) is 23.6. The molecular formula is C68H44. The third-order valence-electron chi connectivity index (χ3n) is 14.0. The van der Waals surface area contributed by atoms with E-state index in [1.54, 1.807) is 0 Å². The Morgan fingerprint density at radius 1 is 0.147 bits per heavy atom. The van der Waals surface area contributed by atoms with Crippen LogP contribution in [-0.2, 0) is 0 Å². The molecule has 0 heteroatoms. The summed E-state index contributed by atoms with van der Waals surface area (Å²) < 4.78 is 0. The van der Waals surface area contributed by atoms with Crippen LogP contribution in [0.25, 0.3) is 131 Å². The summed E-state index contributed by atoms with van der Waals surface area (Å²) in [5, 5.41) is 20.5. The number of hydrogen-bond donors (Lipinski definition) is 0. The Morgan fingerprint density at radius 3 is 0.735 bits per heavy atom. The van der Waals surface area contributed by atoms with E-state index in [0.717, 1.165) is 0 Å². The van der Waals surface area contributed by atoms with Crippen molar-refractivity contribution in [2.75, 3.05) is 0 Å². The molecule has 0 saturated heterocycles. The fourth-order valence-corrected chi connectivity index (χ4v) is 11.0. The molecule has 14 aromatic carbocycles. The van der Waals surface area contributed by atoms with E-state index in [1.807, 2.05) is 0 Å². The highest BCUT2D eigenvalue weighted by atomic mass is 14.2. The molecule has 0 atom stereocenters. The van der Waals surface area contributed by atoms with E-state index in [0.29, 0.717) is 0 Å². The average Bonchev–Trinajstić information content (AvgIpc) is 3.41. The van der Waals surface area contributed by atoms with Crippen molar-refractivity contribution in [3.05, 3.63) is 267 Å². The molecule has 0 radical (unpaired) electrons. The molecule has 0 heterocycles. The largest absolute Gasteiger partial charge is 0.0616 e. The van der Waals surface area contributed by atoms with Gasteiger partial charge in [0, 0.05) is 0 Å². The van der Waals surface area contributed by atoms with Crippen molar-refractivity contribution in [1.82, 2.24) is 0 Å². The minimum atomic E-state index is 1.26. The lowest BCUT2D eigenvalue weighted by Crippen LogP contribution is -1.91. The molecule has 0 saturated carbocycles. The molecule has 14 rings (SSSR count). The molecule has 316 valence electrons. The Bertz CT molecular complexity index is 4000. The van der Waals surface area contributed by atoms with Gasteiger partial charge >= 0.3 is 0 Å². The highest BCUT2D eigenvalue weighted by Crippen LogP contribution is 2.47. The van der Waals surface area contributed by atoms with E-state index in [9.17, 15) is 0 Å². The van der Waals surface area contributed by atoms with Crippen molar-refractivity contribution in [2.24, 2.45) is 0 Å². The van der Waals surface area contributed by atoms with Crippen LogP contribution in [0.3, 0.4) is 0 Å². The average molecular weight is 861 g/mol. The normalized spacial score (nSPS) is 11.5. The van der Waals surface area contributed by atoms with Gasteiger partial charge in [0.05, 0.1) is 0 Å². The maximum atomic E-state index is 2.33. The Hall–Kier alpha value is -8.84. The zero-order valence-electron chi connectivity index (χ0n) is 37.4. The SMILES string of the molecule is c1ccc2cc(-c3c4ccccc4c(-c4ccc5ccccc5c4)c4ccccc34)ccc2c1.c1ccc2cc(-c3c4ccccc4c(-c4cccc5ccccc45)c4ccccc34)ccc2c1. The van der Waals surface area contributed by atoms with Crippen LogP contribution < -0.4 is 0 Å². The summed E-state index contributed by atoms with van der Waals surface area (Å²) in [5.74, 6) is 0. The molecule has 0 aliphatic rings. The second kappa shape index (κ2) is 16.5. The fraction of sp³-hybridized carbons (Fsp3) is 0. The van der Waals surface area contributed by atoms with E-state index in [2.05, 4.69) is 267 Å². The Balaban J connectivity index is 0.000000134. The van der Waals surface area contributed by atoms with Gasteiger partial charge in [0.25, 0.3) is 0 Å². The van der Waals surface area contributed by atoms with Gasteiger partial charge in [-0.25, -0.2) is 0 Å². The molecule has 14 aromatic rings. The van der Waals surface area contributed by atoms with Gasteiger partial charge in [0.15, 0.2) is 0 Å². The smallest absolute Gasteiger partial charge is 0.00201 e. The predicted molar refractivity (Wildman–Crippen MR) is 295 cm³/mol. The molecule has 0 amide bonds. The second-order valence-electron chi connectivity index (χ2n) is 17.9. The molecule has 0 nitrogen and oxygen atoms in total. The zero-order chi connectivity index (χ0) is 45.0. The zero-order valence-corrected chi connectivity index (χ0v) is 37.4. The van der Waals surface area contributed by atoms with Gasteiger partial charge in [-0.15, -0.1) is 0 Å². The minimum absolute atomic E-state index is 1.26. The number of rotatable bonds is 4. The number of fused-ring (bicyclic) bond motifs is 8. The number of benzene rings is 14. The van der Waals surface area contributed by atoms with Crippen LogP contribution in [0.4, 0.5) is 0 Å². The molecular weight excluding hydrogens is 817 g/mol. The molecule has 0 aliphatic heterocycles. The summed E-state index contributed by atoms with van der Waals surface area (Å²) in [6.45, 7) is 0. The third-order valence-corrected chi connectivity index (χ3v) is 14.0. The van der Waals surface area contributed by atoms with Crippen molar-refractivity contribution in [3.8, 4) is 44.5 Å². The van der Waals surface area contributed by atoms with E-state index < -0.39 is 0 Å². The highest BCUT2D eigenvalue weighted by Gasteiger charge is 2.19. The van der Waals surface area contributed by atoms with Crippen molar-refractivity contribution in [3.63, 3.8) is 0 Å². The Morgan fingerprint density at radius 2 is 0.397 bits per heavy atom. The van der Waals surface area contributed by atoms with Crippen LogP contribution in [0.15, 0.2) is 267 Å². The quantitative estimate of drug-likeness (QED) is 0.155. The van der Waals surface area contributed by atoms with Crippen LogP contribution in [0.5, 0.6) is 0 Å².